The number of carboxylic acids is 1. The van der Waals surface area contributed by atoms with Crippen molar-refractivity contribution in [1.82, 2.24) is 0 Å². The highest BCUT2D eigenvalue weighted by molar-refractivity contribution is 6.31. The Morgan fingerprint density at radius 2 is 1.83 bits per heavy atom. The normalized spacial score (nSPS) is 11.1. The molecule has 4 nitrogen and oxygen atoms in total. The molecule has 0 bridgehead atoms. The van der Waals surface area contributed by atoms with Gasteiger partial charge in [-0.1, -0.05) is 41.9 Å². The second-order valence-electron chi connectivity index (χ2n) is 6.15. The summed E-state index contributed by atoms with van der Waals surface area (Å²) in [4.78, 5) is 23.4. The molecule has 0 aliphatic carbocycles. The van der Waals surface area contributed by atoms with Gasteiger partial charge in [0, 0.05) is 17.1 Å². The summed E-state index contributed by atoms with van der Waals surface area (Å²) in [5.41, 5.74) is 1.47. The lowest BCUT2D eigenvalue weighted by atomic mass is 9.83. The number of hydrogen-bond donors (Lipinski definition) is 2. The highest BCUT2D eigenvalue weighted by atomic mass is 35.5. The van der Waals surface area contributed by atoms with Crippen LogP contribution in [0, 0.1) is 0 Å². The average Bonchev–Trinajstić information content (AvgIpc) is 2.53. The minimum atomic E-state index is -0.843. The van der Waals surface area contributed by atoms with Crippen LogP contribution in [0.4, 0.5) is 5.69 Å². The SMILES string of the molecule is CC(C)(C(=O)Nc1cccc(CCC(=O)O)c1)c1ccccc1Cl. The first kappa shape index (κ1) is 18.0. The molecule has 0 aliphatic rings. The van der Waals surface area contributed by atoms with Gasteiger partial charge in [-0.2, -0.15) is 0 Å². The Morgan fingerprint density at radius 1 is 1.12 bits per heavy atom. The number of halogens is 1. The molecule has 24 heavy (non-hydrogen) atoms. The van der Waals surface area contributed by atoms with Crippen molar-refractivity contribution < 1.29 is 14.7 Å². The van der Waals surface area contributed by atoms with Crippen LogP contribution in [0.15, 0.2) is 48.5 Å². The Bertz CT molecular complexity index is 756. The lowest BCUT2D eigenvalue weighted by Crippen LogP contribution is -2.35. The molecule has 0 heterocycles. The van der Waals surface area contributed by atoms with E-state index in [1.165, 1.54) is 0 Å². The third-order valence-corrected chi connectivity index (χ3v) is 4.26. The lowest BCUT2D eigenvalue weighted by Gasteiger charge is -2.25. The molecule has 0 radical (unpaired) electrons. The van der Waals surface area contributed by atoms with Crippen molar-refractivity contribution in [1.29, 1.82) is 0 Å². The second-order valence-corrected chi connectivity index (χ2v) is 6.56. The molecule has 0 spiro atoms. The van der Waals surface area contributed by atoms with Gasteiger partial charge in [0.15, 0.2) is 0 Å². The third-order valence-electron chi connectivity index (χ3n) is 3.93. The van der Waals surface area contributed by atoms with Gasteiger partial charge in [0.2, 0.25) is 5.91 Å². The summed E-state index contributed by atoms with van der Waals surface area (Å²) in [7, 11) is 0. The second kappa shape index (κ2) is 7.49. The van der Waals surface area contributed by atoms with E-state index in [2.05, 4.69) is 5.32 Å². The predicted molar refractivity (Wildman–Crippen MR) is 95.5 cm³/mol. The number of carbonyl (C=O) groups is 2. The molecule has 0 fully saturated rings. The van der Waals surface area contributed by atoms with Gasteiger partial charge in [0.1, 0.15) is 0 Å². The zero-order chi connectivity index (χ0) is 17.7. The van der Waals surface area contributed by atoms with Crippen LogP contribution in [0.5, 0.6) is 0 Å². The number of aryl methyl sites for hydroxylation is 1. The fourth-order valence-corrected chi connectivity index (χ4v) is 2.81. The predicted octanol–water partition coefficient (Wildman–Crippen LogP) is 4.27. The van der Waals surface area contributed by atoms with Crippen LogP contribution in [0.1, 0.15) is 31.4 Å². The summed E-state index contributed by atoms with van der Waals surface area (Å²) in [6.45, 7) is 3.63. The Balaban J connectivity index is 2.15. The van der Waals surface area contributed by atoms with Crippen LogP contribution in [0.3, 0.4) is 0 Å². The molecule has 2 aromatic carbocycles. The van der Waals surface area contributed by atoms with E-state index in [9.17, 15) is 9.59 Å². The van der Waals surface area contributed by atoms with E-state index in [4.69, 9.17) is 16.7 Å². The first-order valence-corrected chi connectivity index (χ1v) is 8.05. The first-order chi connectivity index (χ1) is 11.3. The van der Waals surface area contributed by atoms with E-state index in [-0.39, 0.29) is 12.3 Å². The Hall–Kier alpha value is -2.33. The summed E-state index contributed by atoms with van der Waals surface area (Å²) >= 11 is 6.22. The van der Waals surface area contributed by atoms with Crippen LogP contribution in [-0.4, -0.2) is 17.0 Å². The number of nitrogens with one attached hydrogen (secondary N) is 1. The van der Waals surface area contributed by atoms with Crippen LogP contribution < -0.4 is 5.32 Å². The van der Waals surface area contributed by atoms with E-state index in [1.807, 2.05) is 38.1 Å². The van der Waals surface area contributed by atoms with Crippen molar-refractivity contribution in [3.8, 4) is 0 Å². The van der Waals surface area contributed by atoms with E-state index < -0.39 is 11.4 Å². The minimum Gasteiger partial charge on any atom is -0.481 e. The van der Waals surface area contributed by atoms with Crippen molar-refractivity contribution in [3.05, 3.63) is 64.7 Å². The number of carbonyl (C=O) groups excluding carboxylic acids is 1. The van der Waals surface area contributed by atoms with Gasteiger partial charge >= 0.3 is 5.97 Å². The summed E-state index contributed by atoms with van der Waals surface area (Å²) in [6.07, 6.45) is 0.482. The van der Waals surface area contributed by atoms with E-state index >= 15 is 0 Å². The Labute approximate surface area is 146 Å². The quantitative estimate of drug-likeness (QED) is 0.821. The molecular formula is C19H20ClNO3. The maximum absolute atomic E-state index is 12.7. The number of carboxylic acid groups (broad SMARTS) is 1. The maximum atomic E-state index is 12.7. The molecule has 1 amide bonds. The topological polar surface area (TPSA) is 66.4 Å². The molecule has 2 aromatic rings. The Kier molecular flexibility index (Phi) is 5.62. The van der Waals surface area contributed by atoms with Gasteiger partial charge in [0.05, 0.1) is 5.41 Å². The van der Waals surface area contributed by atoms with E-state index in [0.29, 0.717) is 17.1 Å². The molecule has 2 rings (SSSR count). The minimum absolute atomic E-state index is 0.0581. The highest BCUT2D eigenvalue weighted by Crippen LogP contribution is 2.31. The summed E-state index contributed by atoms with van der Waals surface area (Å²) < 4.78 is 0. The molecular weight excluding hydrogens is 326 g/mol. The van der Waals surface area contributed by atoms with Crippen LogP contribution >= 0.6 is 11.6 Å². The summed E-state index contributed by atoms with van der Waals surface area (Å²) in [6, 6.07) is 14.5. The summed E-state index contributed by atoms with van der Waals surface area (Å²) in [5, 5.41) is 12.2. The van der Waals surface area contributed by atoms with Crippen molar-refractivity contribution in [2.75, 3.05) is 5.32 Å². The van der Waals surface area contributed by atoms with Gasteiger partial charge in [-0.3, -0.25) is 9.59 Å². The molecule has 0 aliphatic heterocycles. The van der Waals surface area contributed by atoms with Gasteiger partial charge in [-0.15, -0.1) is 0 Å². The number of aliphatic carboxylic acids is 1. The highest BCUT2D eigenvalue weighted by Gasteiger charge is 2.31. The number of amides is 1. The van der Waals surface area contributed by atoms with Crippen LogP contribution in [0.25, 0.3) is 0 Å². The largest absolute Gasteiger partial charge is 0.481 e. The van der Waals surface area contributed by atoms with Gasteiger partial charge in [-0.05, 0) is 49.6 Å². The molecule has 126 valence electrons. The maximum Gasteiger partial charge on any atom is 0.303 e. The molecule has 0 saturated heterocycles. The molecule has 0 saturated carbocycles. The first-order valence-electron chi connectivity index (χ1n) is 7.68. The third kappa shape index (κ3) is 4.36. The van der Waals surface area contributed by atoms with Crippen molar-refractivity contribution in [3.63, 3.8) is 0 Å². The van der Waals surface area contributed by atoms with Crippen molar-refractivity contribution in [2.45, 2.75) is 32.1 Å². The number of rotatable bonds is 6. The monoisotopic (exact) mass is 345 g/mol. The zero-order valence-electron chi connectivity index (χ0n) is 13.7. The summed E-state index contributed by atoms with van der Waals surface area (Å²) in [5.74, 6) is -1.02. The average molecular weight is 346 g/mol. The fraction of sp³-hybridized carbons (Fsp3) is 0.263. The van der Waals surface area contributed by atoms with Crippen molar-refractivity contribution in [2.24, 2.45) is 0 Å². The number of anilines is 1. The smallest absolute Gasteiger partial charge is 0.303 e. The van der Waals surface area contributed by atoms with Crippen LogP contribution in [-0.2, 0) is 21.4 Å². The van der Waals surface area contributed by atoms with Crippen LogP contribution in [0.2, 0.25) is 5.02 Å². The van der Waals surface area contributed by atoms with Gasteiger partial charge in [-0.25, -0.2) is 0 Å². The molecule has 2 N–H and O–H groups in total. The van der Waals surface area contributed by atoms with Crippen molar-refractivity contribution >= 4 is 29.2 Å². The fourth-order valence-electron chi connectivity index (χ4n) is 2.43. The molecule has 0 unspecified atom stereocenters. The van der Waals surface area contributed by atoms with Gasteiger partial charge < -0.3 is 10.4 Å². The standard InChI is InChI=1S/C19H20ClNO3/c1-19(2,15-8-3-4-9-16(15)20)18(24)21-14-7-5-6-13(12-14)10-11-17(22)23/h3-9,12H,10-11H2,1-2H3,(H,21,24)(H,22,23). The zero-order valence-corrected chi connectivity index (χ0v) is 14.4. The Morgan fingerprint density at radius 3 is 2.50 bits per heavy atom. The number of benzene rings is 2. The van der Waals surface area contributed by atoms with E-state index in [1.54, 1.807) is 24.3 Å². The molecule has 5 heteroatoms. The van der Waals surface area contributed by atoms with Gasteiger partial charge in [0.25, 0.3) is 0 Å². The molecule has 0 atom stereocenters. The lowest BCUT2D eigenvalue weighted by molar-refractivity contribution is -0.137. The van der Waals surface area contributed by atoms with E-state index in [0.717, 1.165) is 11.1 Å². The number of hydrogen-bond acceptors (Lipinski definition) is 2. The molecule has 0 aromatic heterocycles.